The number of hydrogen-bond acceptors (Lipinski definition) is 6. The van der Waals surface area contributed by atoms with Gasteiger partial charge in [0, 0.05) is 0 Å². The molecule has 132 valence electrons. The van der Waals surface area contributed by atoms with Gasteiger partial charge in [-0.1, -0.05) is 104 Å². The fourth-order valence-corrected chi connectivity index (χ4v) is 0. The van der Waals surface area contributed by atoms with Crippen LogP contribution in [0, 0.1) is 0 Å². The SMILES string of the molecule is O=C([O-])C(Cl)(Cl)Cl.O=C([O-])C(Cl)(Cl)Cl.O=C([O-])C(Cl)(Cl)Cl.[Co+3]. The molecule has 0 aliphatic rings. The molecule has 0 aromatic carbocycles. The van der Waals surface area contributed by atoms with E-state index in [2.05, 4.69) is 0 Å². The van der Waals surface area contributed by atoms with Gasteiger partial charge in [-0.25, -0.2) is 0 Å². The summed E-state index contributed by atoms with van der Waals surface area (Å²) >= 11 is 42.6. The van der Waals surface area contributed by atoms with E-state index < -0.39 is 29.3 Å². The number of aliphatic carboxylic acids is 3. The van der Waals surface area contributed by atoms with Crippen LogP contribution in [0.15, 0.2) is 0 Å². The van der Waals surface area contributed by atoms with Gasteiger partial charge in [-0.3, -0.25) is 0 Å². The van der Waals surface area contributed by atoms with Gasteiger partial charge < -0.3 is 29.7 Å². The zero-order valence-electron chi connectivity index (χ0n) is 9.18. The molecule has 0 amide bonds. The van der Waals surface area contributed by atoms with Gasteiger partial charge in [-0.15, -0.1) is 0 Å². The van der Waals surface area contributed by atoms with Gasteiger partial charge in [0.1, 0.15) is 0 Å². The molecule has 0 saturated carbocycles. The van der Waals surface area contributed by atoms with Crippen LogP contribution in [-0.2, 0) is 31.2 Å². The molecule has 0 unspecified atom stereocenters. The second-order valence-corrected chi connectivity index (χ2v) is 9.20. The van der Waals surface area contributed by atoms with Crippen LogP contribution in [0.5, 0.6) is 0 Å². The Labute approximate surface area is 178 Å². The second-order valence-electron chi connectivity index (χ2n) is 2.36. The number of carbonyl (C=O) groups is 3. The van der Waals surface area contributed by atoms with E-state index in [0.29, 0.717) is 0 Å². The number of carboxylic acids is 3. The Morgan fingerprint density at radius 2 is 0.545 bits per heavy atom. The Kier molecular flexibility index (Phi) is 18.3. The number of alkyl halides is 9. The third-order valence-electron chi connectivity index (χ3n) is 0.694. The average molecular weight is 546 g/mol. The molecule has 0 heterocycles. The summed E-state index contributed by atoms with van der Waals surface area (Å²) in [5.74, 6) is -5.13. The second kappa shape index (κ2) is 12.8. The molecule has 0 saturated heterocycles. The summed E-state index contributed by atoms with van der Waals surface area (Å²) in [5.41, 5.74) is 0. The number of halogens is 9. The van der Waals surface area contributed by atoms with Crippen molar-refractivity contribution in [2.45, 2.75) is 11.4 Å². The molecular weight excluding hydrogens is 546 g/mol. The summed E-state index contributed by atoms with van der Waals surface area (Å²) in [6, 6.07) is 0. The molecule has 0 aliphatic heterocycles. The van der Waals surface area contributed by atoms with Gasteiger partial charge in [0.05, 0.1) is 17.9 Å². The number of carbonyl (C=O) groups excluding carboxylic acids is 3. The summed E-state index contributed by atoms with van der Waals surface area (Å²) in [6.45, 7) is 0. The summed E-state index contributed by atoms with van der Waals surface area (Å²) in [6.07, 6.45) is 0. The molecule has 0 aromatic heterocycles. The summed E-state index contributed by atoms with van der Waals surface area (Å²) in [4.78, 5) is 28.5. The van der Waals surface area contributed by atoms with Crippen LogP contribution < -0.4 is 15.3 Å². The standard InChI is InChI=1S/3C2HCl3O2.Co/c3*3-2(4,5)1(6)7;/h3*(H,6,7);/q;;;+3/p-3. The van der Waals surface area contributed by atoms with Gasteiger partial charge in [0.25, 0.3) is 0 Å². The van der Waals surface area contributed by atoms with Crippen molar-refractivity contribution in [1.82, 2.24) is 0 Å². The van der Waals surface area contributed by atoms with Crippen molar-refractivity contribution in [3.05, 3.63) is 0 Å². The van der Waals surface area contributed by atoms with Gasteiger partial charge in [-0.05, 0) is 0 Å². The van der Waals surface area contributed by atoms with Gasteiger partial charge in [0.2, 0.25) is 11.4 Å². The van der Waals surface area contributed by atoms with E-state index in [4.69, 9.17) is 104 Å². The Bertz CT molecular complexity index is 313. The molecule has 0 spiro atoms. The largest absolute Gasteiger partial charge is 3.00 e. The Morgan fingerprint density at radius 1 is 0.500 bits per heavy atom. The Hall–Kier alpha value is 1.53. The molecule has 0 aromatic rings. The molecule has 22 heavy (non-hydrogen) atoms. The van der Waals surface area contributed by atoms with Crippen LogP contribution in [0.4, 0.5) is 0 Å². The fourth-order valence-electron chi connectivity index (χ4n) is 0. The number of rotatable bonds is 0. The quantitative estimate of drug-likeness (QED) is 0.404. The Morgan fingerprint density at radius 3 is 0.545 bits per heavy atom. The maximum atomic E-state index is 9.51. The van der Waals surface area contributed by atoms with Crippen LogP contribution in [0.25, 0.3) is 0 Å². The number of hydrogen-bond donors (Lipinski definition) is 0. The van der Waals surface area contributed by atoms with E-state index in [1.165, 1.54) is 0 Å². The molecule has 16 heteroatoms. The molecular formula is C6Cl9CoO6. The first-order chi connectivity index (χ1) is 8.83. The third kappa shape index (κ3) is 23.8. The zero-order chi connectivity index (χ0) is 18.2. The van der Waals surface area contributed by atoms with Gasteiger partial charge >= 0.3 is 16.8 Å². The average Bonchev–Trinajstić information content (AvgIpc) is 2.14. The fraction of sp³-hybridized carbons (Fsp3) is 0.500. The van der Waals surface area contributed by atoms with Crippen LogP contribution in [0.3, 0.4) is 0 Å². The van der Waals surface area contributed by atoms with Gasteiger partial charge in [-0.2, -0.15) is 0 Å². The predicted octanol–water partition coefficient (Wildman–Crippen LogP) is 0.317. The van der Waals surface area contributed by atoms with Crippen molar-refractivity contribution in [3.8, 4) is 0 Å². The zero-order valence-corrected chi connectivity index (χ0v) is 17.0. The molecule has 0 radical (unpaired) electrons. The third-order valence-corrected chi connectivity index (χ3v) is 2.08. The minimum absolute atomic E-state index is 0. The molecule has 0 aliphatic carbocycles. The molecule has 0 fully saturated rings. The van der Waals surface area contributed by atoms with Crippen LogP contribution in [0.1, 0.15) is 0 Å². The van der Waals surface area contributed by atoms with E-state index in [1.54, 1.807) is 0 Å². The summed E-state index contributed by atoms with van der Waals surface area (Å²) < 4.78 is -6.83. The summed E-state index contributed by atoms with van der Waals surface area (Å²) in [7, 11) is 0. The monoisotopic (exact) mass is 542 g/mol. The van der Waals surface area contributed by atoms with E-state index in [-0.39, 0.29) is 16.8 Å². The van der Waals surface area contributed by atoms with E-state index in [9.17, 15) is 29.7 Å². The smallest absolute Gasteiger partial charge is 0.545 e. The van der Waals surface area contributed by atoms with Crippen LogP contribution in [0.2, 0.25) is 0 Å². The van der Waals surface area contributed by atoms with Crippen molar-refractivity contribution in [2.24, 2.45) is 0 Å². The van der Waals surface area contributed by atoms with Crippen LogP contribution in [-0.4, -0.2) is 29.3 Å². The maximum Gasteiger partial charge on any atom is 3.00 e. The van der Waals surface area contributed by atoms with E-state index >= 15 is 0 Å². The molecule has 0 bridgehead atoms. The molecule has 0 atom stereocenters. The molecule has 0 rings (SSSR count). The van der Waals surface area contributed by atoms with E-state index in [1.807, 2.05) is 0 Å². The number of carboxylic acid groups (broad SMARTS) is 3. The van der Waals surface area contributed by atoms with Crippen molar-refractivity contribution in [3.63, 3.8) is 0 Å². The van der Waals surface area contributed by atoms with Crippen molar-refractivity contribution in [2.75, 3.05) is 0 Å². The van der Waals surface area contributed by atoms with Gasteiger partial charge in [0.15, 0.2) is 0 Å². The minimum Gasteiger partial charge on any atom is -0.545 e. The topological polar surface area (TPSA) is 120 Å². The first-order valence-corrected chi connectivity index (χ1v) is 7.08. The van der Waals surface area contributed by atoms with E-state index in [0.717, 1.165) is 0 Å². The van der Waals surface area contributed by atoms with Crippen molar-refractivity contribution in [1.29, 1.82) is 0 Å². The van der Waals surface area contributed by atoms with Crippen molar-refractivity contribution >= 4 is 122 Å². The Balaban J connectivity index is -0.000000108. The van der Waals surface area contributed by atoms with Crippen molar-refractivity contribution < 1.29 is 46.5 Å². The summed E-state index contributed by atoms with van der Waals surface area (Å²) in [5, 5.41) is 28.5. The normalized spacial score (nSPS) is 10.8. The molecule has 0 N–H and O–H groups in total. The maximum absolute atomic E-state index is 9.51. The predicted molar refractivity (Wildman–Crippen MR) is 75.9 cm³/mol. The van der Waals surface area contributed by atoms with Crippen LogP contribution >= 0.6 is 104 Å². The minimum atomic E-state index is -2.28. The first kappa shape index (κ1) is 31.3. The first-order valence-electron chi connectivity index (χ1n) is 3.68. The molecule has 6 nitrogen and oxygen atoms in total.